The standard InChI is InChI=1S/C17H10Br2N2/c18-13-3-1-2-10-4-5-12-11(15(10)13)6-7-14(19)16(12)17-20-8-9-21-17/h1-9H,(H,20,21). The Kier molecular flexibility index (Phi) is 3.08. The molecular formula is C17H10Br2N2. The van der Waals surface area contributed by atoms with Gasteiger partial charge in [0.15, 0.2) is 0 Å². The number of benzene rings is 3. The van der Waals surface area contributed by atoms with Crippen LogP contribution in [-0.2, 0) is 0 Å². The fraction of sp³-hybridized carbons (Fsp3) is 0. The van der Waals surface area contributed by atoms with E-state index in [0.717, 1.165) is 20.3 Å². The molecule has 0 bridgehead atoms. The van der Waals surface area contributed by atoms with Crippen molar-refractivity contribution in [2.75, 3.05) is 0 Å². The van der Waals surface area contributed by atoms with Gasteiger partial charge in [-0.25, -0.2) is 4.98 Å². The zero-order valence-electron chi connectivity index (χ0n) is 10.9. The van der Waals surface area contributed by atoms with Crippen molar-refractivity contribution in [3.05, 3.63) is 63.8 Å². The fourth-order valence-electron chi connectivity index (χ4n) is 2.76. The molecule has 102 valence electrons. The van der Waals surface area contributed by atoms with Crippen molar-refractivity contribution in [1.82, 2.24) is 9.97 Å². The molecule has 0 aliphatic rings. The zero-order chi connectivity index (χ0) is 14.4. The van der Waals surface area contributed by atoms with Crippen LogP contribution in [0.4, 0.5) is 0 Å². The first-order valence-electron chi connectivity index (χ1n) is 6.55. The predicted molar refractivity (Wildman–Crippen MR) is 94.4 cm³/mol. The molecule has 2 nitrogen and oxygen atoms in total. The van der Waals surface area contributed by atoms with E-state index in [1.807, 2.05) is 6.20 Å². The molecule has 1 N–H and O–H groups in total. The lowest BCUT2D eigenvalue weighted by Gasteiger charge is -2.11. The third kappa shape index (κ3) is 2.01. The molecule has 0 atom stereocenters. The highest BCUT2D eigenvalue weighted by Crippen LogP contribution is 2.38. The lowest BCUT2D eigenvalue weighted by Crippen LogP contribution is -1.87. The summed E-state index contributed by atoms with van der Waals surface area (Å²) in [7, 11) is 0. The number of hydrogen-bond donors (Lipinski definition) is 1. The van der Waals surface area contributed by atoms with Gasteiger partial charge in [-0.3, -0.25) is 0 Å². The van der Waals surface area contributed by atoms with Crippen molar-refractivity contribution < 1.29 is 0 Å². The van der Waals surface area contributed by atoms with Gasteiger partial charge in [0.1, 0.15) is 5.82 Å². The number of rotatable bonds is 1. The van der Waals surface area contributed by atoms with Gasteiger partial charge in [0, 0.05) is 32.3 Å². The molecule has 3 aromatic carbocycles. The zero-order valence-corrected chi connectivity index (χ0v) is 14.1. The summed E-state index contributed by atoms with van der Waals surface area (Å²) in [5, 5.41) is 4.85. The molecule has 21 heavy (non-hydrogen) atoms. The molecule has 0 radical (unpaired) electrons. The Morgan fingerprint density at radius 1 is 0.857 bits per heavy atom. The second-order valence-corrected chi connectivity index (χ2v) is 6.57. The molecular weight excluding hydrogens is 392 g/mol. The van der Waals surface area contributed by atoms with Crippen LogP contribution in [0.5, 0.6) is 0 Å². The van der Waals surface area contributed by atoms with Gasteiger partial charge in [-0.05, 0) is 28.3 Å². The van der Waals surface area contributed by atoms with Crippen LogP contribution in [0, 0.1) is 0 Å². The smallest absolute Gasteiger partial charge is 0.139 e. The number of nitrogens with one attached hydrogen (secondary N) is 1. The van der Waals surface area contributed by atoms with Crippen LogP contribution in [0.1, 0.15) is 0 Å². The molecule has 0 fully saturated rings. The SMILES string of the molecule is Brc1ccc2c(ccc3cccc(Br)c32)c1-c1ncc[nH]1. The van der Waals surface area contributed by atoms with Gasteiger partial charge in [-0.15, -0.1) is 0 Å². The number of hydrogen-bond acceptors (Lipinski definition) is 1. The topological polar surface area (TPSA) is 28.7 Å². The molecule has 0 amide bonds. The van der Waals surface area contributed by atoms with E-state index in [4.69, 9.17) is 0 Å². The van der Waals surface area contributed by atoms with Crippen LogP contribution in [0.15, 0.2) is 63.8 Å². The summed E-state index contributed by atoms with van der Waals surface area (Å²) in [6.07, 6.45) is 3.62. The summed E-state index contributed by atoms with van der Waals surface area (Å²) >= 11 is 7.32. The minimum absolute atomic E-state index is 0.874. The number of imidazole rings is 1. The van der Waals surface area contributed by atoms with Gasteiger partial charge in [0.25, 0.3) is 0 Å². The van der Waals surface area contributed by atoms with Crippen molar-refractivity contribution in [3.8, 4) is 11.4 Å². The van der Waals surface area contributed by atoms with Gasteiger partial charge in [0.05, 0.1) is 0 Å². The van der Waals surface area contributed by atoms with E-state index in [9.17, 15) is 0 Å². The third-order valence-corrected chi connectivity index (χ3v) is 5.00. The Balaban J connectivity index is 2.21. The number of nitrogens with zero attached hydrogens (tertiary/aromatic N) is 1. The second-order valence-electron chi connectivity index (χ2n) is 4.86. The molecule has 0 spiro atoms. The lowest BCUT2D eigenvalue weighted by atomic mass is 9.98. The number of H-pyrrole nitrogens is 1. The predicted octanol–water partition coefficient (Wildman–Crippen LogP) is 5.91. The van der Waals surface area contributed by atoms with Gasteiger partial charge >= 0.3 is 0 Å². The van der Waals surface area contributed by atoms with E-state index < -0.39 is 0 Å². The van der Waals surface area contributed by atoms with Crippen LogP contribution >= 0.6 is 31.9 Å². The molecule has 1 aromatic heterocycles. The minimum atomic E-state index is 0.874. The maximum Gasteiger partial charge on any atom is 0.139 e. The first kappa shape index (κ1) is 13.0. The van der Waals surface area contributed by atoms with Crippen molar-refractivity contribution in [2.24, 2.45) is 0 Å². The van der Waals surface area contributed by atoms with Crippen molar-refractivity contribution in [1.29, 1.82) is 0 Å². The first-order chi connectivity index (χ1) is 10.3. The Morgan fingerprint density at radius 3 is 2.52 bits per heavy atom. The molecule has 0 aliphatic heterocycles. The molecule has 4 rings (SSSR count). The van der Waals surface area contributed by atoms with Crippen molar-refractivity contribution >= 4 is 53.4 Å². The number of aromatic nitrogens is 2. The molecule has 4 aromatic rings. The van der Waals surface area contributed by atoms with Crippen LogP contribution < -0.4 is 0 Å². The number of aromatic amines is 1. The Hall–Kier alpha value is -1.65. The second kappa shape index (κ2) is 4.97. The van der Waals surface area contributed by atoms with Crippen LogP contribution in [0.2, 0.25) is 0 Å². The molecule has 0 saturated carbocycles. The van der Waals surface area contributed by atoms with E-state index in [-0.39, 0.29) is 0 Å². The average molecular weight is 402 g/mol. The van der Waals surface area contributed by atoms with E-state index in [0.29, 0.717) is 0 Å². The van der Waals surface area contributed by atoms with E-state index in [2.05, 4.69) is 84.3 Å². The maximum atomic E-state index is 4.40. The van der Waals surface area contributed by atoms with E-state index in [1.165, 1.54) is 21.5 Å². The normalized spacial score (nSPS) is 11.3. The highest BCUT2D eigenvalue weighted by Gasteiger charge is 2.13. The first-order valence-corrected chi connectivity index (χ1v) is 8.13. The molecule has 0 aliphatic carbocycles. The lowest BCUT2D eigenvalue weighted by molar-refractivity contribution is 1.31. The third-order valence-electron chi connectivity index (χ3n) is 3.67. The van der Waals surface area contributed by atoms with Crippen molar-refractivity contribution in [2.45, 2.75) is 0 Å². The molecule has 0 unspecified atom stereocenters. The van der Waals surface area contributed by atoms with Gasteiger partial charge in [-0.1, -0.05) is 62.2 Å². The summed E-state index contributed by atoms with van der Waals surface area (Å²) in [5.74, 6) is 0.874. The summed E-state index contributed by atoms with van der Waals surface area (Å²) in [4.78, 5) is 7.60. The largest absolute Gasteiger partial charge is 0.345 e. The number of halogens is 2. The summed E-state index contributed by atoms with van der Waals surface area (Å²) in [6.45, 7) is 0. The van der Waals surface area contributed by atoms with Crippen molar-refractivity contribution in [3.63, 3.8) is 0 Å². The summed E-state index contributed by atoms with van der Waals surface area (Å²) in [6, 6.07) is 14.8. The quantitative estimate of drug-likeness (QED) is 0.394. The van der Waals surface area contributed by atoms with Gasteiger partial charge in [0.2, 0.25) is 0 Å². The molecule has 4 heteroatoms. The minimum Gasteiger partial charge on any atom is -0.345 e. The van der Waals surface area contributed by atoms with E-state index in [1.54, 1.807) is 6.20 Å². The summed E-state index contributed by atoms with van der Waals surface area (Å²) in [5.41, 5.74) is 1.09. The highest BCUT2D eigenvalue weighted by molar-refractivity contribution is 9.11. The highest BCUT2D eigenvalue weighted by atomic mass is 79.9. The Labute approximate surface area is 138 Å². The Morgan fingerprint density at radius 2 is 1.71 bits per heavy atom. The van der Waals surface area contributed by atoms with Crippen LogP contribution in [-0.4, -0.2) is 9.97 Å². The van der Waals surface area contributed by atoms with Gasteiger partial charge < -0.3 is 4.98 Å². The van der Waals surface area contributed by atoms with Crippen LogP contribution in [0.3, 0.4) is 0 Å². The monoisotopic (exact) mass is 400 g/mol. The maximum absolute atomic E-state index is 4.40. The average Bonchev–Trinajstić information content (AvgIpc) is 3.00. The summed E-state index contributed by atoms with van der Waals surface area (Å²) < 4.78 is 2.15. The Bertz CT molecular complexity index is 960. The van der Waals surface area contributed by atoms with Crippen LogP contribution in [0.25, 0.3) is 32.9 Å². The fourth-order valence-corrected chi connectivity index (χ4v) is 3.89. The van der Waals surface area contributed by atoms with E-state index >= 15 is 0 Å². The van der Waals surface area contributed by atoms with Gasteiger partial charge in [-0.2, -0.15) is 0 Å². The molecule has 0 saturated heterocycles. The molecule has 1 heterocycles. The number of fused-ring (bicyclic) bond motifs is 3.